The van der Waals surface area contributed by atoms with Crippen LogP contribution in [0.2, 0.25) is 0 Å². The molecule has 3 nitrogen and oxygen atoms in total. The molecular formula is C17H23BrN2O. The van der Waals surface area contributed by atoms with Crippen LogP contribution in [0.4, 0.5) is 0 Å². The Balaban J connectivity index is 2.27. The van der Waals surface area contributed by atoms with Crippen molar-refractivity contribution < 1.29 is 5.11 Å². The molecule has 1 aromatic heterocycles. The van der Waals surface area contributed by atoms with Crippen molar-refractivity contribution in [3.63, 3.8) is 0 Å². The smallest absolute Gasteiger partial charge is 0.0738 e. The van der Waals surface area contributed by atoms with Crippen molar-refractivity contribution in [1.82, 2.24) is 9.78 Å². The van der Waals surface area contributed by atoms with E-state index in [9.17, 15) is 5.11 Å². The summed E-state index contributed by atoms with van der Waals surface area (Å²) in [5, 5.41) is 15.3. The van der Waals surface area contributed by atoms with Gasteiger partial charge in [0.15, 0.2) is 0 Å². The highest BCUT2D eigenvalue weighted by Crippen LogP contribution is 2.31. The summed E-state index contributed by atoms with van der Waals surface area (Å²) in [6, 6.07) is 10.2. The van der Waals surface area contributed by atoms with E-state index in [1.807, 2.05) is 29.8 Å². The normalized spacial score (nSPS) is 13.4. The molecule has 2 aromatic rings. The van der Waals surface area contributed by atoms with Gasteiger partial charge in [-0.05, 0) is 35.3 Å². The first kappa shape index (κ1) is 16.2. The third kappa shape index (κ3) is 3.22. The predicted octanol–water partition coefficient (Wildman–Crippen LogP) is 3.86. The highest BCUT2D eigenvalue weighted by atomic mass is 79.9. The quantitative estimate of drug-likeness (QED) is 0.888. The number of aryl methyl sites for hydroxylation is 2. The van der Waals surface area contributed by atoms with Crippen LogP contribution in [-0.4, -0.2) is 21.0 Å². The summed E-state index contributed by atoms with van der Waals surface area (Å²) in [4.78, 5) is 0. The van der Waals surface area contributed by atoms with Gasteiger partial charge in [-0.25, -0.2) is 0 Å². The van der Waals surface area contributed by atoms with Gasteiger partial charge in [-0.3, -0.25) is 4.68 Å². The molecule has 0 aliphatic rings. The van der Waals surface area contributed by atoms with Crippen molar-refractivity contribution in [3.8, 4) is 0 Å². The van der Waals surface area contributed by atoms with Crippen molar-refractivity contribution >= 4 is 15.9 Å². The van der Waals surface area contributed by atoms with Gasteiger partial charge >= 0.3 is 0 Å². The molecule has 4 heteroatoms. The lowest BCUT2D eigenvalue weighted by atomic mass is 9.78. The van der Waals surface area contributed by atoms with Gasteiger partial charge in [-0.1, -0.05) is 44.2 Å². The number of aliphatic hydroxyl groups excluding tert-OH is 1. The van der Waals surface area contributed by atoms with Crippen molar-refractivity contribution in [2.24, 2.45) is 0 Å². The Hall–Kier alpha value is -1.13. The Morgan fingerprint density at radius 3 is 2.48 bits per heavy atom. The summed E-state index contributed by atoms with van der Waals surface area (Å²) < 4.78 is 2.97. The minimum atomic E-state index is -0.474. The standard InChI is InChI=1S/C17H23BrN2O/c1-5-20-14(16(18)12(2)19-20)11-15(21)17(3,4)13-9-7-6-8-10-13/h6-10,15,21H,5,11H2,1-4H3. The van der Waals surface area contributed by atoms with E-state index < -0.39 is 6.10 Å². The monoisotopic (exact) mass is 350 g/mol. The molecule has 0 aliphatic heterocycles. The first-order valence-electron chi connectivity index (χ1n) is 7.33. The lowest BCUT2D eigenvalue weighted by Crippen LogP contribution is -2.36. The maximum Gasteiger partial charge on any atom is 0.0738 e. The lowest BCUT2D eigenvalue weighted by Gasteiger charge is -2.31. The minimum absolute atomic E-state index is 0.308. The molecule has 21 heavy (non-hydrogen) atoms. The van der Waals surface area contributed by atoms with E-state index in [-0.39, 0.29) is 5.41 Å². The largest absolute Gasteiger partial charge is 0.392 e. The lowest BCUT2D eigenvalue weighted by molar-refractivity contribution is 0.0977. The first-order chi connectivity index (χ1) is 9.87. The molecule has 114 valence electrons. The maximum atomic E-state index is 10.8. The zero-order valence-corrected chi connectivity index (χ0v) is 14.7. The molecular weight excluding hydrogens is 328 g/mol. The van der Waals surface area contributed by atoms with E-state index in [4.69, 9.17) is 0 Å². The van der Waals surface area contributed by atoms with Gasteiger partial charge in [0.05, 0.1) is 22.0 Å². The van der Waals surface area contributed by atoms with Crippen LogP contribution in [-0.2, 0) is 18.4 Å². The highest BCUT2D eigenvalue weighted by Gasteiger charge is 2.31. The molecule has 1 aromatic carbocycles. The Morgan fingerprint density at radius 1 is 1.29 bits per heavy atom. The fourth-order valence-electron chi connectivity index (χ4n) is 2.56. The predicted molar refractivity (Wildman–Crippen MR) is 89.5 cm³/mol. The minimum Gasteiger partial charge on any atom is -0.392 e. The van der Waals surface area contributed by atoms with Crippen LogP contribution in [0.15, 0.2) is 34.8 Å². The highest BCUT2D eigenvalue weighted by molar-refractivity contribution is 9.10. The summed E-state index contributed by atoms with van der Waals surface area (Å²) in [5.41, 5.74) is 2.87. The topological polar surface area (TPSA) is 38.0 Å². The Kier molecular flexibility index (Phi) is 4.89. The maximum absolute atomic E-state index is 10.8. The molecule has 0 amide bonds. The fraction of sp³-hybridized carbons (Fsp3) is 0.471. The van der Waals surface area contributed by atoms with E-state index in [1.165, 1.54) is 0 Å². The molecule has 0 fully saturated rings. The van der Waals surface area contributed by atoms with Crippen LogP contribution in [0.25, 0.3) is 0 Å². The zero-order chi connectivity index (χ0) is 15.6. The number of hydrogen-bond acceptors (Lipinski definition) is 2. The van der Waals surface area contributed by atoms with Crippen LogP contribution in [0.1, 0.15) is 37.7 Å². The molecule has 0 radical (unpaired) electrons. The van der Waals surface area contributed by atoms with Crippen LogP contribution in [0.5, 0.6) is 0 Å². The molecule has 1 unspecified atom stereocenters. The third-order valence-electron chi connectivity index (χ3n) is 4.19. The average molecular weight is 351 g/mol. The second-order valence-corrected chi connectivity index (χ2v) is 6.76. The Bertz CT molecular complexity index is 605. The average Bonchev–Trinajstić information content (AvgIpc) is 2.75. The molecule has 1 atom stereocenters. The Labute approximate surface area is 135 Å². The second kappa shape index (κ2) is 6.32. The number of halogens is 1. The van der Waals surface area contributed by atoms with Crippen molar-refractivity contribution in [3.05, 3.63) is 51.8 Å². The van der Waals surface area contributed by atoms with E-state index in [2.05, 4.69) is 53.9 Å². The number of rotatable bonds is 5. The Morgan fingerprint density at radius 2 is 1.90 bits per heavy atom. The number of aromatic nitrogens is 2. The third-order valence-corrected chi connectivity index (χ3v) is 5.22. The molecule has 0 spiro atoms. The number of nitrogens with zero attached hydrogens (tertiary/aromatic N) is 2. The summed E-state index contributed by atoms with van der Waals surface area (Å²) in [6.45, 7) is 9.02. The number of hydrogen-bond donors (Lipinski definition) is 1. The van der Waals surface area contributed by atoms with Crippen LogP contribution in [0, 0.1) is 6.92 Å². The molecule has 1 N–H and O–H groups in total. The van der Waals surface area contributed by atoms with E-state index in [0.717, 1.165) is 28.0 Å². The van der Waals surface area contributed by atoms with Crippen molar-refractivity contribution in [2.75, 3.05) is 0 Å². The first-order valence-corrected chi connectivity index (χ1v) is 8.12. The van der Waals surface area contributed by atoms with Crippen molar-refractivity contribution in [1.29, 1.82) is 0 Å². The zero-order valence-electron chi connectivity index (χ0n) is 13.1. The number of benzene rings is 1. The van der Waals surface area contributed by atoms with Gasteiger partial charge in [0.2, 0.25) is 0 Å². The van der Waals surface area contributed by atoms with E-state index in [1.54, 1.807) is 0 Å². The van der Waals surface area contributed by atoms with Crippen molar-refractivity contribution in [2.45, 2.75) is 52.2 Å². The molecule has 1 heterocycles. The molecule has 0 bridgehead atoms. The molecule has 0 saturated heterocycles. The molecule has 2 rings (SSSR count). The van der Waals surface area contributed by atoms with E-state index in [0.29, 0.717) is 6.42 Å². The van der Waals surface area contributed by atoms with Gasteiger partial charge in [0, 0.05) is 18.4 Å². The molecule has 0 aliphatic carbocycles. The van der Waals surface area contributed by atoms with Gasteiger partial charge in [0.25, 0.3) is 0 Å². The van der Waals surface area contributed by atoms with Gasteiger partial charge in [-0.2, -0.15) is 5.10 Å². The SMILES string of the molecule is CCn1nc(C)c(Br)c1CC(O)C(C)(C)c1ccccc1. The van der Waals surface area contributed by atoms with Gasteiger partial charge in [-0.15, -0.1) is 0 Å². The van der Waals surface area contributed by atoms with Crippen LogP contribution in [0.3, 0.4) is 0 Å². The summed E-state index contributed by atoms with van der Waals surface area (Å²) in [5.74, 6) is 0. The summed E-state index contributed by atoms with van der Waals surface area (Å²) >= 11 is 3.60. The summed E-state index contributed by atoms with van der Waals surface area (Å²) in [7, 11) is 0. The van der Waals surface area contributed by atoms with Crippen LogP contribution < -0.4 is 0 Å². The number of aliphatic hydroxyl groups is 1. The van der Waals surface area contributed by atoms with Gasteiger partial charge < -0.3 is 5.11 Å². The summed E-state index contributed by atoms with van der Waals surface area (Å²) in [6.07, 6.45) is 0.106. The molecule has 0 saturated carbocycles. The second-order valence-electron chi connectivity index (χ2n) is 5.97. The fourth-order valence-corrected chi connectivity index (χ4v) is 3.01. The van der Waals surface area contributed by atoms with Crippen LogP contribution >= 0.6 is 15.9 Å². The van der Waals surface area contributed by atoms with Gasteiger partial charge in [0.1, 0.15) is 0 Å². The van der Waals surface area contributed by atoms with E-state index >= 15 is 0 Å².